The quantitative estimate of drug-likeness (QED) is 0.578. The molecule has 0 aliphatic heterocycles. The molecular weight excluding hydrogens is 414 g/mol. The maximum Gasteiger partial charge on any atom is 0.257 e. The SMILES string of the molecule is Cc1nc(-c2ccc(Cl)cc2)n(CC(=O)Nc2ccc(C(C)C)cc2)c(=O)c1CCO. The van der Waals surface area contributed by atoms with Crippen molar-refractivity contribution in [3.05, 3.63) is 80.7 Å². The van der Waals surface area contributed by atoms with E-state index >= 15 is 0 Å². The highest BCUT2D eigenvalue weighted by Gasteiger charge is 2.18. The van der Waals surface area contributed by atoms with Crippen molar-refractivity contribution in [3.63, 3.8) is 0 Å². The summed E-state index contributed by atoms with van der Waals surface area (Å²) >= 11 is 5.99. The zero-order chi connectivity index (χ0) is 22.5. The number of carbonyl (C=O) groups excluding carboxylic acids is 1. The van der Waals surface area contributed by atoms with Crippen LogP contribution in [0.15, 0.2) is 53.3 Å². The van der Waals surface area contributed by atoms with Crippen LogP contribution in [0, 0.1) is 6.92 Å². The second-order valence-corrected chi connectivity index (χ2v) is 8.13. The first-order valence-electron chi connectivity index (χ1n) is 10.2. The van der Waals surface area contributed by atoms with Gasteiger partial charge in [0.25, 0.3) is 5.56 Å². The molecule has 2 aromatic carbocycles. The largest absolute Gasteiger partial charge is 0.396 e. The molecule has 0 radical (unpaired) electrons. The molecule has 7 heteroatoms. The predicted molar refractivity (Wildman–Crippen MR) is 124 cm³/mol. The lowest BCUT2D eigenvalue weighted by molar-refractivity contribution is -0.116. The number of amides is 1. The molecule has 6 nitrogen and oxygen atoms in total. The summed E-state index contributed by atoms with van der Waals surface area (Å²) in [4.78, 5) is 30.5. The fraction of sp³-hybridized carbons (Fsp3) is 0.292. The van der Waals surface area contributed by atoms with Gasteiger partial charge in [-0.2, -0.15) is 0 Å². The molecule has 0 fully saturated rings. The second-order valence-electron chi connectivity index (χ2n) is 7.70. The van der Waals surface area contributed by atoms with Gasteiger partial charge in [-0.15, -0.1) is 0 Å². The third-order valence-electron chi connectivity index (χ3n) is 5.10. The number of aliphatic hydroxyl groups is 1. The van der Waals surface area contributed by atoms with Crippen LogP contribution in [0.2, 0.25) is 5.02 Å². The van der Waals surface area contributed by atoms with E-state index in [0.29, 0.717) is 39.3 Å². The zero-order valence-electron chi connectivity index (χ0n) is 17.9. The highest BCUT2D eigenvalue weighted by molar-refractivity contribution is 6.30. The Bertz CT molecular complexity index is 1120. The third kappa shape index (κ3) is 5.40. The van der Waals surface area contributed by atoms with Crippen LogP contribution in [-0.2, 0) is 17.8 Å². The van der Waals surface area contributed by atoms with Crippen LogP contribution in [0.3, 0.4) is 0 Å². The maximum atomic E-state index is 13.2. The molecule has 0 atom stereocenters. The van der Waals surface area contributed by atoms with Gasteiger partial charge in [-0.3, -0.25) is 14.2 Å². The Hall–Kier alpha value is -2.96. The first-order chi connectivity index (χ1) is 14.8. The summed E-state index contributed by atoms with van der Waals surface area (Å²) in [7, 11) is 0. The van der Waals surface area contributed by atoms with Crippen molar-refractivity contribution in [1.29, 1.82) is 0 Å². The Labute approximate surface area is 186 Å². The van der Waals surface area contributed by atoms with Crippen LogP contribution >= 0.6 is 11.6 Å². The number of benzene rings is 2. The molecule has 1 amide bonds. The van der Waals surface area contributed by atoms with Gasteiger partial charge in [0, 0.05) is 40.6 Å². The molecule has 2 N–H and O–H groups in total. The monoisotopic (exact) mass is 439 g/mol. The molecule has 31 heavy (non-hydrogen) atoms. The molecule has 0 aliphatic carbocycles. The Kier molecular flexibility index (Phi) is 7.25. The molecule has 0 unspecified atom stereocenters. The molecule has 0 saturated carbocycles. The average molecular weight is 440 g/mol. The van der Waals surface area contributed by atoms with Gasteiger partial charge in [-0.1, -0.05) is 37.6 Å². The van der Waals surface area contributed by atoms with Gasteiger partial charge in [0.15, 0.2) is 0 Å². The van der Waals surface area contributed by atoms with Crippen LogP contribution in [0.25, 0.3) is 11.4 Å². The van der Waals surface area contributed by atoms with Crippen LogP contribution < -0.4 is 10.9 Å². The van der Waals surface area contributed by atoms with Crippen LogP contribution in [0.1, 0.15) is 36.6 Å². The molecule has 1 heterocycles. The van der Waals surface area contributed by atoms with E-state index in [-0.39, 0.29) is 31.0 Å². The molecule has 3 aromatic rings. The smallest absolute Gasteiger partial charge is 0.257 e. The third-order valence-corrected chi connectivity index (χ3v) is 5.35. The zero-order valence-corrected chi connectivity index (χ0v) is 18.6. The molecule has 0 spiro atoms. The number of anilines is 1. The second kappa shape index (κ2) is 9.90. The van der Waals surface area contributed by atoms with Gasteiger partial charge in [0.05, 0.1) is 0 Å². The number of nitrogens with one attached hydrogen (secondary N) is 1. The molecule has 162 valence electrons. The summed E-state index contributed by atoms with van der Waals surface area (Å²) in [5, 5.41) is 12.7. The molecule has 0 saturated heterocycles. The van der Waals surface area contributed by atoms with E-state index in [9.17, 15) is 14.7 Å². The van der Waals surface area contributed by atoms with E-state index in [2.05, 4.69) is 24.1 Å². The fourth-order valence-electron chi connectivity index (χ4n) is 3.36. The van der Waals surface area contributed by atoms with E-state index < -0.39 is 0 Å². The number of aliphatic hydroxyl groups excluding tert-OH is 1. The summed E-state index contributed by atoms with van der Waals surface area (Å²) in [6.45, 7) is 5.56. The van der Waals surface area contributed by atoms with Crippen LogP contribution in [0.4, 0.5) is 5.69 Å². The number of aromatic nitrogens is 2. The average Bonchev–Trinajstić information content (AvgIpc) is 2.74. The number of rotatable bonds is 7. The van der Waals surface area contributed by atoms with Crippen LogP contribution in [0.5, 0.6) is 0 Å². The number of halogens is 1. The lowest BCUT2D eigenvalue weighted by Crippen LogP contribution is -2.33. The lowest BCUT2D eigenvalue weighted by atomic mass is 10.0. The van der Waals surface area contributed by atoms with Crippen molar-refractivity contribution >= 4 is 23.2 Å². The molecular formula is C24H26ClN3O3. The van der Waals surface area contributed by atoms with Crippen LogP contribution in [-0.4, -0.2) is 27.2 Å². The summed E-state index contributed by atoms with van der Waals surface area (Å²) < 4.78 is 1.35. The molecule has 1 aromatic heterocycles. The Balaban J connectivity index is 1.95. The number of carbonyl (C=O) groups is 1. The van der Waals surface area contributed by atoms with Crippen molar-refractivity contribution in [1.82, 2.24) is 9.55 Å². The van der Waals surface area contributed by atoms with E-state index in [1.165, 1.54) is 10.1 Å². The van der Waals surface area contributed by atoms with E-state index in [4.69, 9.17) is 11.6 Å². The van der Waals surface area contributed by atoms with Crippen molar-refractivity contribution in [2.75, 3.05) is 11.9 Å². The van der Waals surface area contributed by atoms with Gasteiger partial charge in [0.2, 0.25) is 5.91 Å². The van der Waals surface area contributed by atoms with Crippen molar-refractivity contribution in [3.8, 4) is 11.4 Å². The topological polar surface area (TPSA) is 84.2 Å². The number of aryl methyl sites for hydroxylation is 1. The van der Waals surface area contributed by atoms with E-state index in [0.717, 1.165) is 0 Å². The van der Waals surface area contributed by atoms with E-state index in [1.807, 2.05) is 24.3 Å². The lowest BCUT2D eigenvalue weighted by Gasteiger charge is -2.16. The number of hydrogen-bond acceptors (Lipinski definition) is 4. The minimum Gasteiger partial charge on any atom is -0.396 e. The molecule has 3 rings (SSSR count). The van der Waals surface area contributed by atoms with Crippen molar-refractivity contribution in [2.24, 2.45) is 0 Å². The first-order valence-corrected chi connectivity index (χ1v) is 10.5. The maximum absolute atomic E-state index is 13.2. The normalized spacial score (nSPS) is 11.0. The first kappa shape index (κ1) is 22.7. The Morgan fingerprint density at radius 2 is 1.77 bits per heavy atom. The van der Waals surface area contributed by atoms with Gasteiger partial charge in [-0.25, -0.2) is 4.98 Å². The minimum absolute atomic E-state index is 0.174. The molecule has 0 aliphatic rings. The van der Waals surface area contributed by atoms with E-state index in [1.54, 1.807) is 31.2 Å². The summed E-state index contributed by atoms with van der Waals surface area (Å²) in [5.74, 6) is 0.440. The summed E-state index contributed by atoms with van der Waals surface area (Å²) in [6.07, 6.45) is 0.177. The number of nitrogens with zero attached hydrogens (tertiary/aromatic N) is 2. The van der Waals surface area contributed by atoms with Gasteiger partial charge >= 0.3 is 0 Å². The molecule has 0 bridgehead atoms. The standard InChI is InChI=1S/C24H26ClN3O3/c1-15(2)17-6-10-20(11-7-17)27-22(30)14-28-23(18-4-8-19(25)9-5-18)26-16(3)21(12-13-29)24(28)31/h4-11,15,29H,12-14H2,1-3H3,(H,27,30). The highest BCUT2D eigenvalue weighted by atomic mass is 35.5. The number of hydrogen-bond donors (Lipinski definition) is 2. The predicted octanol–water partition coefficient (Wildman–Crippen LogP) is 4.17. The van der Waals surface area contributed by atoms with Crippen molar-refractivity contribution < 1.29 is 9.90 Å². The summed E-state index contributed by atoms with van der Waals surface area (Å²) in [6, 6.07) is 14.6. The Morgan fingerprint density at radius 1 is 1.13 bits per heavy atom. The highest BCUT2D eigenvalue weighted by Crippen LogP contribution is 2.21. The van der Waals surface area contributed by atoms with Gasteiger partial charge in [-0.05, 0) is 54.8 Å². The van der Waals surface area contributed by atoms with Gasteiger partial charge < -0.3 is 10.4 Å². The van der Waals surface area contributed by atoms with Gasteiger partial charge in [0.1, 0.15) is 12.4 Å². The minimum atomic E-state index is -0.338. The fourth-order valence-corrected chi connectivity index (χ4v) is 3.49. The Morgan fingerprint density at radius 3 is 2.35 bits per heavy atom. The summed E-state index contributed by atoms with van der Waals surface area (Å²) in [5.41, 5.74) is 3.10. The van der Waals surface area contributed by atoms with Crippen molar-refractivity contribution in [2.45, 2.75) is 39.7 Å².